The maximum absolute atomic E-state index is 11.8. The number of benzodiazepines with no additional fused rings is 1. The minimum absolute atomic E-state index is 0.239. The van der Waals surface area contributed by atoms with Crippen molar-refractivity contribution in [2.75, 3.05) is 11.4 Å². The van der Waals surface area contributed by atoms with Crippen molar-refractivity contribution in [3.63, 3.8) is 0 Å². The Kier molecular flexibility index (Phi) is 4.62. The highest BCUT2D eigenvalue weighted by molar-refractivity contribution is 7.80. The molecule has 0 radical (unpaired) electrons. The van der Waals surface area contributed by atoms with Crippen molar-refractivity contribution >= 4 is 46.2 Å². The molecule has 0 spiro atoms. The molecule has 0 fully saturated rings. The molecule has 4 nitrogen and oxygen atoms in total. The van der Waals surface area contributed by atoms with Gasteiger partial charge in [0.05, 0.1) is 17.9 Å². The highest BCUT2D eigenvalue weighted by atomic mass is 35.5. The van der Waals surface area contributed by atoms with Crippen LogP contribution in [0.1, 0.15) is 25.0 Å². The molecule has 2 aromatic rings. The smallest absolute Gasteiger partial charge is 0.329 e. The van der Waals surface area contributed by atoms with Gasteiger partial charge < -0.3 is 10.0 Å². The van der Waals surface area contributed by atoms with Gasteiger partial charge in [-0.1, -0.05) is 54.2 Å². The van der Waals surface area contributed by atoms with Gasteiger partial charge in [0.1, 0.15) is 10.5 Å². The summed E-state index contributed by atoms with van der Waals surface area (Å²) in [6, 6.07) is 15.1. The number of rotatable bonds is 3. The van der Waals surface area contributed by atoms with Crippen LogP contribution < -0.4 is 4.90 Å². The van der Waals surface area contributed by atoms with Crippen LogP contribution in [0.15, 0.2) is 53.5 Å². The second kappa shape index (κ2) is 6.58. The van der Waals surface area contributed by atoms with Crippen molar-refractivity contribution in [3.05, 3.63) is 64.7 Å². The lowest BCUT2D eigenvalue weighted by molar-refractivity contribution is -0.141. The lowest BCUT2D eigenvalue weighted by Gasteiger charge is -2.37. The molecule has 0 aliphatic carbocycles. The third-order valence-electron chi connectivity index (χ3n) is 4.21. The van der Waals surface area contributed by atoms with Crippen molar-refractivity contribution < 1.29 is 9.90 Å². The fourth-order valence-corrected chi connectivity index (χ4v) is 3.44. The van der Waals surface area contributed by atoms with Crippen LogP contribution in [0.25, 0.3) is 0 Å². The number of carboxylic acid groups (broad SMARTS) is 1. The zero-order chi connectivity index (χ0) is 18.2. The van der Waals surface area contributed by atoms with Gasteiger partial charge in [-0.15, -0.1) is 0 Å². The Bertz CT molecular complexity index is 878. The molecular formula is C19H17ClN2O2S. The van der Waals surface area contributed by atoms with E-state index < -0.39 is 11.5 Å². The molecule has 3 rings (SSSR count). The lowest BCUT2D eigenvalue weighted by atomic mass is 9.96. The standard InChI is InChI=1S/C19H17ClN2O2S/c1-19(2,18(23)24)22-15-9-8-13(20)10-14(15)17(21-11-16(22)25)12-6-4-3-5-7-12/h3-10H,11H2,1-2H3,(H,23,24). The number of halogens is 1. The van der Waals surface area contributed by atoms with Gasteiger partial charge >= 0.3 is 5.97 Å². The van der Waals surface area contributed by atoms with Crippen LogP contribution in [-0.4, -0.2) is 33.9 Å². The first-order chi connectivity index (χ1) is 11.8. The molecule has 0 unspecified atom stereocenters. The van der Waals surface area contributed by atoms with Crippen molar-refractivity contribution in [1.82, 2.24) is 0 Å². The number of nitrogens with zero attached hydrogens (tertiary/aromatic N) is 2. The van der Waals surface area contributed by atoms with Crippen molar-refractivity contribution in [2.24, 2.45) is 4.99 Å². The molecule has 2 aromatic carbocycles. The average Bonchev–Trinajstić information content (AvgIpc) is 2.71. The number of carbonyl (C=O) groups is 1. The molecule has 128 valence electrons. The molecule has 1 aliphatic rings. The van der Waals surface area contributed by atoms with Crippen molar-refractivity contribution in [1.29, 1.82) is 0 Å². The second-order valence-electron chi connectivity index (χ2n) is 6.29. The minimum atomic E-state index is -1.21. The number of aliphatic carboxylic acids is 1. The topological polar surface area (TPSA) is 52.9 Å². The molecule has 6 heteroatoms. The van der Waals surface area contributed by atoms with E-state index in [2.05, 4.69) is 4.99 Å². The third-order valence-corrected chi connectivity index (χ3v) is 4.75. The predicted molar refractivity (Wildman–Crippen MR) is 105 cm³/mol. The Balaban J connectivity index is 2.26. The normalized spacial score (nSPS) is 14.6. The number of carboxylic acids is 1. The summed E-state index contributed by atoms with van der Waals surface area (Å²) in [5.41, 5.74) is 1.95. The quantitative estimate of drug-likeness (QED) is 0.821. The Morgan fingerprint density at radius 1 is 1.24 bits per heavy atom. The molecule has 0 bridgehead atoms. The van der Waals surface area contributed by atoms with E-state index in [0.717, 1.165) is 16.8 Å². The highest BCUT2D eigenvalue weighted by Crippen LogP contribution is 2.34. The van der Waals surface area contributed by atoms with E-state index >= 15 is 0 Å². The van der Waals surface area contributed by atoms with Gasteiger partial charge in [-0.25, -0.2) is 4.79 Å². The molecule has 0 aromatic heterocycles. The summed E-state index contributed by atoms with van der Waals surface area (Å²) in [5, 5.41) is 10.3. The Labute approximate surface area is 156 Å². The Morgan fingerprint density at radius 3 is 2.56 bits per heavy atom. The molecular weight excluding hydrogens is 356 g/mol. The van der Waals surface area contributed by atoms with Gasteiger partial charge in [0.25, 0.3) is 0 Å². The van der Waals surface area contributed by atoms with Gasteiger partial charge in [-0.2, -0.15) is 0 Å². The first-order valence-electron chi connectivity index (χ1n) is 7.78. The lowest BCUT2D eigenvalue weighted by Crippen LogP contribution is -2.53. The van der Waals surface area contributed by atoms with Crippen LogP contribution in [0.4, 0.5) is 5.69 Å². The number of aliphatic imine (C=N–C) groups is 1. The van der Waals surface area contributed by atoms with E-state index in [4.69, 9.17) is 23.8 Å². The molecule has 25 heavy (non-hydrogen) atoms. The summed E-state index contributed by atoms with van der Waals surface area (Å²) in [6.07, 6.45) is 0. The summed E-state index contributed by atoms with van der Waals surface area (Å²) >= 11 is 11.7. The largest absolute Gasteiger partial charge is 0.480 e. The van der Waals surface area contributed by atoms with Crippen molar-refractivity contribution in [2.45, 2.75) is 19.4 Å². The maximum Gasteiger partial charge on any atom is 0.329 e. The molecule has 0 saturated carbocycles. The van der Waals surface area contributed by atoms with Crippen LogP contribution in [0.2, 0.25) is 5.02 Å². The van der Waals surface area contributed by atoms with E-state index in [9.17, 15) is 9.90 Å². The Morgan fingerprint density at radius 2 is 1.92 bits per heavy atom. The predicted octanol–water partition coefficient (Wildman–Crippen LogP) is 4.19. The summed E-state index contributed by atoms with van der Waals surface area (Å²) in [7, 11) is 0. The van der Waals surface area contributed by atoms with E-state index in [0.29, 0.717) is 15.7 Å². The van der Waals surface area contributed by atoms with E-state index in [1.165, 1.54) is 0 Å². The zero-order valence-corrected chi connectivity index (χ0v) is 15.4. The Hall–Kier alpha value is -2.24. The first-order valence-corrected chi connectivity index (χ1v) is 8.57. The van der Waals surface area contributed by atoms with Gasteiger partial charge in [0, 0.05) is 16.1 Å². The van der Waals surface area contributed by atoms with E-state index in [1.807, 2.05) is 36.4 Å². The molecule has 0 atom stereocenters. The molecule has 0 amide bonds. The van der Waals surface area contributed by atoms with Gasteiger partial charge in [0.2, 0.25) is 0 Å². The fourth-order valence-electron chi connectivity index (χ4n) is 2.88. The summed E-state index contributed by atoms with van der Waals surface area (Å²) in [6.45, 7) is 3.50. The van der Waals surface area contributed by atoms with Gasteiger partial charge in [0.15, 0.2) is 0 Å². The SMILES string of the molecule is CC(C)(C(=O)O)N1C(=S)CN=C(c2ccccc2)c2cc(Cl)ccc21. The average molecular weight is 373 g/mol. The highest BCUT2D eigenvalue weighted by Gasteiger charge is 2.39. The summed E-state index contributed by atoms with van der Waals surface area (Å²) in [4.78, 5) is 18.6. The first kappa shape index (κ1) is 17.6. The van der Waals surface area contributed by atoms with Crippen LogP contribution in [0, 0.1) is 0 Å². The monoisotopic (exact) mass is 372 g/mol. The number of anilines is 1. The molecule has 1 aliphatic heterocycles. The number of fused-ring (bicyclic) bond motifs is 1. The maximum atomic E-state index is 11.8. The van der Waals surface area contributed by atoms with Gasteiger partial charge in [-0.05, 0) is 32.0 Å². The van der Waals surface area contributed by atoms with Crippen LogP contribution >= 0.6 is 23.8 Å². The fraction of sp³-hybridized carbons (Fsp3) is 0.211. The molecule has 1 heterocycles. The number of hydrogen-bond acceptors (Lipinski definition) is 3. The minimum Gasteiger partial charge on any atom is -0.480 e. The number of benzene rings is 2. The van der Waals surface area contributed by atoms with E-state index in [-0.39, 0.29) is 6.54 Å². The molecule has 1 N–H and O–H groups in total. The van der Waals surface area contributed by atoms with Crippen LogP contribution in [-0.2, 0) is 4.79 Å². The number of hydrogen-bond donors (Lipinski definition) is 1. The molecule has 0 saturated heterocycles. The van der Waals surface area contributed by atoms with Crippen LogP contribution in [0.3, 0.4) is 0 Å². The van der Waals surface area contributed by atoms with Crippen molar-refractivity contribution in [3.8, 4) is 0 Å². The number of thiocarbonyl (C=S) groups is 1. The van der Waals surface area contributed by atoms with Gasteiger partial charge in [-0.3, -0.25) is 4.99 Å². The third kappa shape index (κ3) is 3.17. The van der Waals surface area contributed by atoms with Crippen LogP contribution in [0.5, 0.6) is 0 Å². The zero-order valence-electron chi connectivity index (χ0n) is 13.9. The van der Waals surface area contributed by atoms with E-state index in [1.54, 1.807) is 30.9 Å². The second-order valence-corrected chi connectivity index (χ2v) is 7.19. The summed E-state index contributed by atoms with van der Waals surface area (Å²) in [5.74, 6) is -0.959. The summed E-state index contributed by atoms with van der Waals surface area (Å²) < 4.78 is 0.